The molecule has 104 valence electrons. The van der Waals surface area contributed by atoms with Crippen molar-refractivity contribution in [2.75, 3.05) is 26.4 Å². The topological polar surface area (TPSA) is 157 Å². The lowest BCUT2D eigenvalue weighted by Crippen LogP contribution is -2.47. The van der Waals surface area contributed by atoms with E-state index in [4.69, 9.17) is 25.8 Å². The minimum absolute atomic E-state index is 0.00446. The first-order valence-corrected chi connectivity index (χ1v) is 5.23. The summed E-state index contributed by atoms with van der Waals surface area (Å²) in [6, 6.07) is 0. The summed E-state index contributed by atoms with van der Waals surface area (Å²) in [5, 5.41) is 54.6. The van der Waals surface area contributed by atoms with Crippen molar-refractivity contribution in [3.05, 3.63) is 0 Å². The van der Waals surface area contributed by atoms with Crippen molar-refractivity contribution >= 4 is 0 Å². The smallest absolute Gasteiger partial charge is 0.111 e. The molecule has 0 aliphatic heterocycles. The Morgan fingerprint density at radius 1 is 0.882 bits per heavy atom. The van der Waals surface area contributed by atoms with Crippen LogP contribution in [0, 0.1) is 0 Å². The van der Waals surface area contributed by atoms with E-state index in [0.717, 1.165) is 0 Å². The Balaban J connectivity index is 3.92. The quantitative estimate of drug-likeness (QED) is 0.218. The van der Waals surface area contributed by atoms with Gasteiger partial charge < -0.3 is 41.1 Å². The van der Waals surface area contributed by atoms with E-state index in [1.165, 1.54) is 0 Å². The molecule has 0 heterocycles. The predicted molar refractivity (Wildman–Crippen MR) is 57.0 cm³/mol. The van der Waals surface area contributed by atoms with Gasteiger partial charge >= 0.3 is 0 Å². The maximum Gasteiger partial charge on any atom is 0.111 e. The number of hydrogen-bond acceptors (Lipinski definition) is 8. The van der Waals surface area contributed by atoms with Crippen LogP contribution < -0.4 is 5.73 Å². The molecular formula is C9H21NO7. The van der Waals surface area contributed by atoms with Gasteiger partial charge in [-0.3, -0.25) is 0 Å². The highest BCUT2D eigenvalue weighted by molar-refractivity contribution is 4.80. The monoisotopic (exact) mass is 255 g/mol. The van der Waals surface area contributed by atoms with Crippen LogP contribution in [0.15, 0.2) is 0 Å². The highest BCUT2D eigenvalue weighted by atomic mass is 16.5. The van der Waals surface area contributed by atoms with Gasteiger partial charge in [0.05, 0.1) is 25.9 Å². The molecule has 0 aromatic heterocycles. The van der Waals surface area contributed by atoms with Crippen LogP contribution in [0.5, 0.6) is 0 Å². The molecule has 0 aliphatic carbocycles. The largest absolute Gasteiger partial charge is 0.394 e. The first-order chi connectivity index (χ1) is 7.93. The average Bonchev–Trinajstić information content (AvgIpc) is 2.35. The molecule has 8 nitrogen and oxygen atoms in total. The summed E-state index contributed by atoms with van der Waals surface area (Å²) in [6.07, 6.45) is -7.21. The Morgan fingerprint density at radius 3 is 1.88 bits per heavy atom. The van der Waals surface area contributed by atoms with Crippen molar-refractivity contribution in [2.45, 2.75) is 30.5 Å². The first kappa shape index (κ1) is 16.7. The zero-order chi connectivity index (χ0) is 13.4. The van der Waals surface area contributed by atoms with E-state index in [9.17, 15) is 15.3 Å². The molecule has 0 aliphatic rings. The lowest BCUT2D eigenvalue weighted by molar-refractivity contribution is -0.131. The Morgan fingerprint density at radius 2 is 1.41 bits per heavy atom. The zero-order valence-electron chi connectivity index (χ0n) is 9.38. The molecule has 8 heteroatoms. The summed E-state index contributed by atoms with van der Waals surface area (Å²) in [4.78, 5) is 0. The predicted octanol–water partition coefficient (Wildman–Crippen LogP) is -4.24. The van der Waals surface area contributed by atoms with Crippen LogP contribution in [-0.2, 0) is 4.74 Å². The average molecular weight is 255 g/mol. The maximum absolute atomic E-state index is 9.38. The van der Waals surface area contributed by atoms with Gasteiger partial charge in [-0.05, 0) is 0 Å². The highest BCUT2D eigenvalue weighted by Gasteiger charge is 2.30. The van der Waals surface area contributed by atoms with E-state index in [-0.39, 0.29) is 19.8 Å². The minimum Gasteiger partial charge on any atom is -0.394 e. The lowest BCUT2D eigenvalue weighted by Gasteiger charge is -2.25. The summed E-state index contributed by atoms with van der Waals surface area (Å²) in [7, 11) is 0. The van der Waals surface area contributed by atoms with E-state index in [1.807, 2.05) is 0 Å². The van der Waals surface area contributed by atoms with E-state index >= 15 is 0 Å². The second-order valence-electron chi connectivity index (χ2n) is 3.73. The van der Waals surface area contributed by atoms with Crippen molar-refractivity contribution in [3.63, 3.8) is 0 Å². The zero-order valence-corrected chi connectivity index (χ0v) is 9.38. The summed E-state index contributed by atoms with van der Waals surface area (Å²) in [6.45, 7) is -1.19. The fraction of sp³-hybridized carbons (Fsp3) is 1.00. The normalized spacial score (nSPS) is 20.6. The van der Waals surface area contributed by atoms with Crippen molar-refractivity contribution in [1.82, 2.24) is 0 Å². The molecule has 0 rings (SSSR count). The van der Waals surface area contributed by atoms with E-state index in [1.54, 1.807) is 0 Å². The molecule has 0 spiro atoms. The molecule has 0 saturated carbocycles. The first-order valence-electron chi connectivity index (χ1n) is 5.23. The number of rotatable bonds is 9. The van der Waals surface area contributed by atoms with Gasteiger partial charge in [0, 0.05) is 6.54 Å². The van der Waals surface area contributed by atoms with Crippen molar-refractivity contribution in [3.8, 4) is 0 Å². The molecule has 8 N–H and O–H groups in total. The van der Waals surface area contributed by atoms with Crippen molar-refractivity contribution in [2.24, 2.45) is 5.73 Å². The third kappa shape index (κ3) is 6.24. The van der Waals surface area contributed by atoms with E-state index in [2.05, 4.69) is 0 Å². The van der Waals surface area contributed by atoms with E-state index in [0.29, 0.717) is 0 Å². The molecule has 0 aromatic rings. The number of aliphatic hydroxyl groups excluding tert-OH is 6. The van der Waals surface area contributed by atoms with Crippen LogP contribution in [0.4, 0.5) is 0 Å². The Kier molecular flexibility index (Phi) is 8.56. The van der Waals surface area contributed by atoms with Crippen LogP contribution in [0.25, 0.3) is 0 Å². The molecule has 1 unspecified atom stereocenters. The Bertz CT molecular complexity index is 194. The SMILES string of the molecule is NCC(O)COC[C@H](O)[C@@H](O)[C@H](O)[C@H](O)CO. The molecule has 0 saturated heterocycles. The van der Waals surface area contributed by atoms with Gasteiger partial charge in [0.1, 0.15) is 24.4 Å². The number of nitrogens with two attached hydrogens (primary N) is 1. The third-order valence-corrected chi connectivity index (χ3v) is 2.20. The second kappa shape index (κ2) is 8.72. The Hall–Kier alpha value is -0.320. The fourth-order valence-corrected chi connectivity index (χ4v) is 1.05. The minimum atomic E-state index is -1.68. The standard InChI is InChI=1S/C9H21NO7/c10-1-5(12)3-17-4-7(14)9(16)8(15)6(13)2-11/h5-9,11-16H,1-4,10H2/t5?,6-,7+,8-,9-/m1/s1. The highest BCUT2D eigenvalue weighted by Crippen LogP contribution is 2.05. The molecule has 5 atom stereocenters. The third-order valence-electron chi connectivity index (χ3n) is 2.20. The van der Waals surface area contributed by atoms with Crippen molar-refractivity contribution < 1.29 is 35.4 Å². The van der Waals surface area contributed by atoms with E-state index < -0.39 is 37.1 Å². The van der Waals surface area contributed by atoms with Gasteiger partial charge in [0.2, 0.25) is 0 Å². The molecule has 0 radical (unpaired) electrons. The molecule has 0 bridgehead atoms. The van der Waals surface area contributed by atoms with Crippen LogP contribution in [0.1, 0.15) is 0 Å². The molecular weight excluding hydrogens is 234 g/mol. The number of ether oxygens (including phenoxy) is 1. The second-order valence-corrected chi connectivity index (χ2v) is 3.73. The number of aliphatic hydroxyl groups is 6. The summed E-state index contributed by atoms with van der Waals surface area (Å²) >= 11 is 0. The molecule has 0 aromatic carbocycles. The molecule has 0 amide bonds. The van der Waals surface area contributed by atoms with Crippen LogP contribution in [0.2, 0.25) is 0 Å². The van der Waals surface area contributed by atoms with Gasteiger partial charge in [-0.2, -0.15) is 0 Å². The van der Waals surface area contributed by atoms with Gasteiger partial charge in [-0.1, -0.05) is 0 Å². The van der Waals surface area contributed by atoms with Crippen LogP contribution in [-0.4, -0.2) is 87.5 Å². The van der Waals surface area contributed by atoms with Gasteiger partial charge in [0.15, 0.2) is 0 Å². The fourth-order valence-electron chi connectivity index (χ4n) is 1.05. The Labute approximate surface area is 98.9 Å². The summed E-state index contributed by atoms with van der Waals surface area (Å²) in [5.74, 6) is 0. The van der Waals surface area contributed by atoms with Gasteiger partial charge in [-0.25, -0.2) is 0 Å². The lowest BCUT2D eigenvalue weighted by atomic mass is 10.0. The summed E-state index contributed by atoms with van der Waals surface area (Å²) in [5.41, 5.74) is 5.11. The number of hydrogen-bond donors (Lipinski definition) is 7. The van der Waals surface area contributed by atoms with Gasteiger partial charge in [0.25, 0.3) is 0 Å². The molecule has 0 fully saturated rings. The van der Waals surface area contributed by atoms with Gasteiger partial charge in [-0.15, -0.1) is 0 Å². The van der Waals surface area contributed by atoms with Crippen LogP contribution >= 0.6 is 0 Å². The molecule has 17 heavy (non-hydrogen) atoms. The van der Waals surface area contributed by atoms with Crippen molar-refractivity contribution in [1.29, 1.82) is 0 Å². The summed E-state index contributed by atoms with van der Waals surface area (Å²) < 4.78 is 4.84. The van der Waals surface area contributed by atoms with Crippen LogP contribution in [0.3, 0.4) is 0 Å². The maximum atomic E-state index is 9.38.